The van der Waals surface area contributed by atoms with E-state index in [9.17, 15) is 4.79 Å². The van der Waals surface area contributed by atoms with Crippen molar-refractivity contribution in [1.29, 1.82) is 0 Å². The Hall–Kier alpha value is -2.82. The van der Waals surface area contributed by atoms with Gasteiger partial charge in [0.05, 0.1) is 6.61 Å². The van der Waals surface area contributed by atoms with Gasteiger partial charge in [0.15, 0.2) is 0 Å². The van der Waals surface area contributed by atoms with E-state index in [4.69, 9.17) is 4.74 Å². The minimum absolute atomic E-state index is 0.0111. The average Bonchev–Trinajstić information content (AvgIpc) is 3.10. The van der Waals surface area contributed by atoms with Gasteiger partial charge in [-0.1, -0.05) is 24.3 Å². The highest BCUT2D eigenvalue weighted by atomic mass is 16.5. The van der Waals surface area contributed by atoms with E-state index >= 15 is 0 Å². The number of rotatable bonds is 4. The van der Waals surface area contributed by atoms with E-state index in [1.54, 1.807) is 0 Å². The minimum Gasteiger partial charge on any atom is -0.493 e. The van der Waals surface area contributed by atoms with E-state index in [0.29, 0.717) is 18.2 Å². The van der Waals surface area contributed by atoms with Crippen LogP contribution in [0.5, 0.6) is 5.75 Å². The summed E-state index contributed by atoms with van der Waals surface area (Å²) in [5.41, 5.74) is 3.60. The first-order chi connectivity index (χ1) is 13.1. The number of imidazole rings is 1. The van der Waals surface area contributed by atoms with Crippen LogP contribution in [0.1, 0.15) is 34.5 Å². The van der Waals surface area contributed by atoms with Crippen LogP contribution in [0.2, 0.25) is 0 Å². The number of carbonyl (C=O) groups is 1. The summed E-state index contributed by atoms with van der Waals surface area (Å²) in [5, 5.41) is 0. The number of likely N-dealkylation sites (tertiary alicyclic amines) is 1. The topological polar surface area (TPSA) is 46.8 Å². The molecule has 2 aromatic heterocycles. The monoisotopic (exact) mass is 363 g/mol. The second kappa shape index (κ2) is 7.43. The second-order valence-corrected chi connectivity index (χ2v) is 7.43. The second-order valence-electron chi connectivity index (χ2n) is 7.43. The van der Waals surface area contributed by atoms with E-state index in [2.05, 4.69) is 18.0 Å². The molecular weight excluding hydrogens is 338 g/mol. The molecule has 0 saturated carbocycles. The lowest BCUT2D eigenvalue weighted by Crippen LogP contribution is -2.41. The van der Waals surface area contributed by atoms with Gasteiger partial charge in [0.1, 0.15) is 17.1 Å². The van der Waals surface area contributed by atoms with Crippen molar-refractivity contribution in [2.75, 3.05) is 19.7 Å². The van der Waals surface area contributed by atoms with Crippen molar-refractivity contribution in [2.24, 2.45) is 5.92 Å². The minimum atomic E-state index is 0.0111. The maximum Gasteiger partial charge on any atom is 0.274 e. The van der Waals surface area contributed by atoms with Gasteiger partial charge in [0, 0.05) is 31.4 Å². The van der Waals surface area contributed by atoms with Gasteiger partial charge in [-0.05, 0) is 49.9 Å². The van der Waals surface area contributed by atoms with Crippen LogP contribution in [0, 0.1) is 19.8 Å². The number of para-hydroxylation sites is 1. The van der Waals surface area contributed by atoms with Crippen molar-refractivity contribution in [3.05, 3.63) is 65.6 Å². The molecule has 1 saturated heterocycles. The van der Waals surface area contributed by atoms with Gasteiger partial charge in [0.25, 0.3) is 5.91 Å². The van der Waals surface area contributed by atoms with Crippen LogP contribution in [-0.4, -0.2) is 39.9 Å². The molecule has 1 aliphatic rings. The zero-order chi connectivity index (χ0) is 18.8. The Morgan fingerprint density at radius 2 is 2.04 bits per heavy atom. The molecule has 5 heteroatoms. The molecule has 1 atom stereocenters. The number of piperidine rings is 1. The number of amides is 1. The fraction of sp³-hybridized carbons (Fsp3) is 0.364. The summed E-state index contributed by atoms with van der Waals surface area (Å²) in [6.45, 7) is 6.23. The summed E-state index contributed by atoms with van der Waals surface area (Å²) in [7, 11) is 0. The summed E-state index contributed by atoms with van der Waals surface area (Å²) in [5.74, 6) is 1.29. The summed E-state index contributed by atoms with van der Waals surface area (Å²) in [4.78, 5) is 19.4. The molecule has 4 rings (SSSR count). The zero-order valence-electron chi connectivity index (χ0n) is 15.9. The van der Waals surface area contributed by atoms with E-state index in [1.807, 2.05) is 58.9 Å². The fourth-order valence-corrected chi connectivity index (χ4v) is 3.68. The van der Waals surface area contributed by atoms with Gasteiger partial charge >= 0.3 is 0 Å². The van der Waals surface area contributed by atoms with Gasteiger partial charge in [-0.3, -0.25) is 4.79 Å². The highest BCUT2D eigenvalue weighted by molar-refractivity contribution is 5.93. The summed E-state index contributed by atoms with van der Waals surface area (Å²) < 4.78 is 7.94. The molecule has 1 amide bonds. The molecule has 0 bridgehead atoms. The van der Waals surface area contributed by atoms with Crippen LogP contribution in [0.4, 0.5) is 0 Å². The number of carbonyl (C=O) groups excluding carboxylic acids is 1. The Balaban J connectivity index is 1.42. The molecule has 3 aromatic rings. The van der Waals surface area contributed by atoms with E-state index in [1.165, 1.54) is 0 Å². The molecule has 140 valence electrons. The van der Waals surface area contributed by atoms with Crippen LogP contribution >= 0.6 is 0 Å². The maximum atomic E-state index is 12.9. The lowest BCUT2D eigenvalue weighted by atomic mass is 9.98. The lowest BCUT2D eigenvalue weighted by molar-refractivity contribution is 0.0628. The highest BCUT2D eigenvalue weighted by Crippen LogP contribution is 2.22. The van der Waals surface area contributed by atoms with Crippen molar-refractivity contribution >= 4 is 11.6 Å². The third kappa shape index (κ3) is 3.82. The Kier molecular flexibility index (Phi) is 4.84. The third-order valence-electron chi connectivity index (χ3n) is 5.19. The van der Waals surface area contributed by atoms with Gasteiger partial charge in [0.2, 0.25) is 0 Å². The normalized spacial score (nSPS) is 17.3. The molecule has 0 N–H and O–H groups in total. The summed E-state index contributed by atoms with van der Waals surface area (Å²) in [6, 6.07) is 12.0. The van der Waals surface area contributed by atoms with Crippen molar-refractivity contribution in [1.82, 2.24) is 14.3 Å². The van der Waals surface area contributed by atoms with E-state index in [-0.39, 0.29) is 5.91 Å². The Morgan fingerprint density at radius 3 is 2.89 bits per heavy atom. The van der Waals surface area contributed by atoms with E-state index < -0.39 is 0 Å². The Bertz CT molecular complexity index is 963. The van der Waals surface area contributed by atoms with E-state index in [0.717, 1.165) is 48.5 Å². The number of aryl methyl sites for hydroxylation is 2. The number of ether oxygens (including phenoxy) is 1. The van der Waals surface area contributed by atoms with Gasteiger partial charge in [-0.2, -0.15) is 0 Å². The summed E-state index contributed by atoms with van der Waals surface area (Å²) >= 11 is 0. The number of hydrogen-bond donors (Lipinski definition) is 0. The van der Waals surface area contributed by atoms with Gasteiger partial charge < -0.3 is 14.0 Å². The van der Waals surface area contributed by atoms with Crippen molar-refractivity contribution in [2.45, 2.75) is 26.7 Å². The average molecular weight is 363 g/mol. The maximum absolute atomic E-state index is 12.9. The molecule has 1 aliphatic heterocycles. The third-order valence-corrected chi connectivity index (χ3v) is 5.19. The first-order valence-electron chi connectivity index (χ1n) is 9.53. The first kappa shape index (κ1) is 17.6. The molecule has 1 fully saturated rings. The molecule has 5 nitrogen and oxygen atoms in total. The predicted octanol–water partition coefficient (Wildman–Crippen LogP) is 3.88. The number of benzene rings is 1. The molecule has 3 heterocycles. The van der Waals surface area contributed by atoms with Crippen LogP contribution < -0.4 is 4.74 Å². The number of nitrogens with zero attached hydrogens (tertiary/aromatic N) is 3. The molecule has 0 unspecified atom stereocenters. The van der Waals surface area contributed by atoms with Crippen molar-refractivity contribution in [3.63, 3.8) is 0 Å². The first-order valence-corrected chi connectivity index (χ1v) is 9.53. The molecule has 0 radical (unpaired) electrons. The van der Waals surface area contributed by atoms with Gasteiger partial charge in [-0.25, -0.2) is 4.98 Å². The van der Waals surface area contributed by atoms with Crippen molar-refractivity contribution < 1.29 is 9.53 Å². The highest BCUT2D eigenvalue weighted by Gasteiger charge is 2.26. The van der Waals surface area contributed by atoms with Crippen LogP contribution in [-0.2, 0) is 0 Å². The van der Waals surface area contributed by atoms with Crippen LogP contribution in [0.15, 0.2) is 48.8 Å². The number of pyridine rings is 1. The Morgan fingerprint density at radius 1 is 1.19 bits per heavy atom. The van der Waals surface area contributed by atoms with Crippen molar-refractivity contribution in [3.8, 4) is 5.75 Å². The fourth-order valence-electron chi connectivity index (χ4n) is 3.68. The summed E-state index contributed by atoms with van der Waals surface area (Å²) in [6.07, 6.45) is 5.91. The van der Waals surface area contributed by atoms with Crippen LogP contribution in [0.3, 0.4) is 0 Å². The molecular formula is C22H25N3O2. The number of aromatic nitrogens is 2. The SMILES string of the molecule is Cc1ccc2nc(C(=O)N3CCC[C@@H](COc4ccccc4C)C3)cn2c1. The Labute approximate surface area is 159 Å². The quantitative estimate of drug-likeness (QED) is 0.707. The smallest absolute Gasteiger partial charge is 0.274 e. The zero-order valence-corrected chi connectivity index (χ0v) is 15.9. The molecule has 27 heavy (non-hydrogen) atoms. The lowest BCUT2D eigenvalue weighted by Gasteiger charge is -2.32. The predicted molar refractivity (Wildman–Crippen MR) is 105 cm³/mol. The van der Waals surface area contributed by atoms with Gasteiger partial charge in [-0.15, -0.1) is 0 Å². The van der Waals surface area contributed by atoms with Crippen LogP contribution in [0.25, 0.3) is 5.65 Å². The molecule has 0 spiro atoms. The molecule has 0 aliphatic carbocycles. The number of hydrogen-bond acceptors (Lipinski definition) is 3. The number of fused-ring (bicyclic) bond motifs is 1. The largest absolute Gasteiger partial charge is 0.493 e. The standard InChI is InChI=1S/C22H25N3O2/c1-16-9-10-21-23-19(14-25(21)12-16)22(26)24-11-5-7-18(13-24)15-27-20-8-4-3-6-17(20)2/h3-4,6,8-10,12,14,18H,5,7,11,13,15H2,1-2H3/t18-/m1/s1. The molecule has 1 aromatic carbocycles.